The molecule has 178 valence electrons. The first-order valence-electron chi connectivity index (χ1n) is 11.0. The molecule has 1 amide bonds. The molecule has 0 saturated carbocycles. The number of methoxy groups -OCH3 is 1. The topological polar surface area (TPSA) is 97.5 Å². The SMILES string of the molecule is COc1c(F)cccc1Nc1c(-c2ccncc2OC[C@H]2CCO2)[nH]c2c1C(=O)NC[C@H]2CF. The fraction of sp³-hybridized carbons (Fsp3) is 0.333. The monoisotopic (exact) mass is 470 g/mol. The maximum atomic E-state index is 14.4. The van der Waals surface area contributed by atoms with Gasteiger partial charge in [-0.1, -0.05) is 6.07 Å². The minimum absolute atomic E-state index is 0.00464. The second-order valence-corrected chi connectivity index (χ2v) is 8.13. The first-order chi connectivity index (χ1) is 16.6. The first-order valence-corrected chi connectivity index (χ1v) is 11.0. The van der Waals surface area contributed by atoms with Gasteiger partial charge >= 0.3 is 0 Å². The molecule has 10 heteroatoms. The maximum Gasteiger partial charge on any atom is 0.255 e. The summed E-state index contributed by atoms with van der Waals surface area (Å²) in [6.07, 6.45) is 4.10. The number of ether oxygens (including phenoxy) is 3. The van der Waals surface area contributed by atoms with E-state index in [0.29, 0.717) is 47.3 Å². The van der Waals surface area contributed by atoms with Crippen molar-refractivity contribution in [3.05, 3.63) is 53.7 Å². The van der Waals surface area contributed by atoms with Crippen LogP contribution in [0.4, 0.5) is 20.2 Å². The number of rotatable bonds is 8. The van der Waals surface area contributed by atoms with Crippen molar-refractivity contribution in [2.24, 2.45) is 0 Å². The molecule has 1 fully saturated rings. The number of halogens is 2. The molecular formula is C24H24F2N4O4. The number of aromatic amines is 1. The van der Waals surface area contributed by atoms with E-state index < -0.39 is 18.4 Å². The van der Waals surface area contributed by atoms with Crippen molar-refractivity contribution in [2.45, 2.75) is 18.4 Å². The summed E-state index contributed by atoms with van der Waals surface area (Å²) >= 11 is 0. The van der Waals surface area contributed by atoms with Crippen molar-refractivity contribution in [1.29, 1.82) is 0 Å². The molecule has 0 spiro atoms. The zero-order chi connectivity index (χ0) is 23.7. The highest BCUT2D eigenvalue weighted by atomic mass is 19.1. The third kappa shape index (κ3) is 3.94. The van der Waals surface area contributed by atoms with Crippen LogP contribution in [0.2, 0.25) is 0 Å². The summed E-state index contributed by atoms with van der Waals surface area (Å²) in [5.41, 5.74) is 2.53. The van der Waals surface area contributed by atoms with Crippen molar-refractivity contribution in [3.63, 3.8) is 0 Å². The van der Waals surface area contributed by atoms with E-state index in [-0.39, 0.29) is 29.9 Å². The molecule has 0 radical (unpaired) electrons. The van der Waals surface area contributed by atoms with Gasteiger partial charge in [0.25, 0.3) is 5.91 Å². The number of benzene rings is 1. The third-order valence-electron chi connectivity index (χ3n) is 6.06. The minimum Gasteiger partial charge on any atom is -0.492 e. The lowest BCUT2D eigenvalue weighted by Crippen LogP contribution is -2.35. The average Bonchev–Trinajstić information content (AvgIpc) is 3.19. The molecular weight excluding hydrogens is 446 g/mol. The molecule has 0 aliphatic carbocycles. The summed E-state index contributed by atoms with van der Waals surface area (Å²) in [6, 6.07) is 6.19. The Bertz CT molecular complexity index is 1210. The number of hydrogen-bond acceptors (Lipinski definition) is 6. The van der Waals surface area contributed by atoms with Gasteiger partial charge in [-0.25, -0.2) is 4.39 Å². The van der Waals surface area contributed by atoms with Gasteiger partial charge < -0.3 is 29.8 Å². The average molecular weight is 470 g/mol. The van der Waals surface area contributed by atoms with E-state index in [1.165, 1.54) is 19.2 Å². The molecule has 2 atom stereocenters. The van der Waals surface area contributed by atoms with Gasteiger partial charge in [0.1, 0.15) is 12.4 Å². The van der Waals surface area contributed by atoms with Crippen LogP contribution in [0.25, 0.3) is 11.3 Å². The number of carbonyl (C=O) groups is 1. The fourth-order valence-corrected chi connectivity index (χ4v) is 4.18. The van der Waals surface area contributed by atoms with Crippen LogP contribution in [-0.4, -0.2) is 55.5 Å². The predicted molar refractivity (Wildman–Crippen MR) is 121 cm³/mol. The molecule has 3 N–H and O–H groups in total. The quantitative estimate of drug-likeness (QED) is 0.462. The third-order valence-corrected chi connectivity index (χ3v) is 6.06. The zero-order valence-electron chi connectivity index (χ0n) is 18.5. The van der Waals surface area contributed by atoms with E-state index in [9.17, 15) is 13.6 Å². The molecule has 1 aromatic carbocycles. The van der Waals surface area contributed by atoms with Crippen molar-refractivity contribution in [2.75, 3.05) is 38.9 Å². The number of aromatic nitrogens is 2. The first kappa shape index (κ1) is 22.1. The molecule has 3 aromatic rings. The van der Waals surface area contributed by atoms with Gasteiger partial charge in [-0.3, -0.25) is 14.2 Å². The molecule has 2 aliphatic rings. The number of nitrogens with one attached hydrogen (secondary N) is 3. The van der Waals surface area contributed by atoms with E-state index in [1.54, 1.807) is 24.5 Å². The molecule has 34 heavy (non-hydrogen) atoms. The molecule has 2 aliphatic heterocycles. The van der Waals surface area contributed by atoms with Gasteiger partial charge in [-0.15, -0.1) is 0 Å². The molecule has 0 bridgehead atoms. The number of amides is 1. The number of hydrogen-bond donors (Lipinski definition) is 3. The molecule has 1 saturated heterocycles. The molecule has 2 aromatic heterocycles. The van der Waals surface area contributed by atoms with E-state index in [1.807, 2.05) is 0 Å². The van der Waals surface area contributed by atoms with E-state index in [4.69, 9.17) is 14.2 Å². The summed E-state index contributed by atoms with van der Waals surface area (Å²) in [5.74, 6) is -0.999. The van der Waals surface area contributed by atoms with E-state index >= 15 is 0 Å². The molecule has 5 rings (SSSR count). The van der Waals surface area contributed by atoms with Crippen LogP contribution in [0.3, 0.4) is 0 Å². The number of pyridine rings is 1. The molecule has 8 nitrogen and oxygen atoms in total. The van der Waals surface area contributed by atoms with Gasteiger partial charge in [-0.2, -0.15) is 0 Å². The van der Waals surface area contributed by atoms with E-state index in [2.05, 4.69) is 20.6 Å². The highest BCUT2D eigenvalue weighted by molar-refractivity contribution is 6.07. The Labute approximate surface area is 194 Å². The summed E-state index contributed by atoms with van der Waals surface area (Å²) in [6.45, 7) is 0.576. The van der Waals surface area contributed by atoms with Crippen molar-refractivity contribution < 1.29 is 27.8 Å². The summed E-state index contributed by atoms with van der Waals surface area (Å²) in [7, 11) is 1.36. The number of anilines is 2. The van der Waals surface area contributed by atoms with Gasteiger partial charge in [0, 0.05) is 42.9 Å². The molecule has 4 heterocycles. The van der Waals surface area contributed by atoms with Crippen LogP contribution < -0.4 is 20.1 Å². The van der Waals surface area contributed by atoms with Crippen LogP contribution in [-0.2, 0) is 4.74 Å². The predicted octanol–water partition coefficient (Wildman–Crippen LogP) is 3.93. The van der Waals surface area contributed by atoms with Crippen molar-refractivity contribution >= 4 is 17.3 Å². The lowest BCUT2D eigenvalue weighted by Gasteiger charge is -2.26. The Kier molecular flexibility index (Phi) is 6.06. The summed E-state index contributed by atoms with van der Waals surface area (Å²) < 4.78 is 44.9. The Balaban J connectivity index is 1.63. The van der Waals surface area contributed by atoms with Gasteiger partial charge in [0.05, 0.1) is 48.7 Å². The number of fused-ring (bicyclic) bond motifs is 1. The van der Waals surface area contributed by atoms with Crippen LogP contribution in [0.15, 0.2) is 36.7 Å². The highest BCUT2D eigenvalue weighted by Crippen LogP contribution is 2.43. The second kappa shape index (κ2) is 9.30. The second-order valence-electron chi connectivity index (χ2n) is 8.13. The van der Waals surface area contributed by atoms with Crippen LogP contribution >= 0.6 is 0 Å². The number of alkyl halides is 1. The van der Waals surface area contributed by atoms with E-state index in [0.717, 1.165) is 6.42 Å². The highest BCUT2D eigenvalue weighted by Gasteiger charge is 2.34. The van der Waals surface area contributed by atoms with Crippen LogP contribution in [0.1, 0.15) is 28.4 Å². The lowest BCUT2D eigenvalue weighted by molar-refractivity contribution is -0.0720. The summed E-state index contributed by atoms with van der Waals surface area (Å²) in [5, 5.41) is 5.88. The largest absolute Gasteiger partial charge is 0.492 e. The number of nitrogens with zero attached hydrogens (tertiary/aromatic N) is 1. The van der Waals surface area contributed by atoms with Crippen molar-refractivity contribution in [3.8, 4) is 22.8 Å². The smallest absolute Gasteiger partial charge is 0.255 e. The van der Waals surface area contributed by atoms with Crippen molar-refractivity contribution in [1.82, 2.24) is 15.3 Å². The Hall–Kier alpha value is -3.66. The molecule has 0 unspecified atom stereocenters. The Morgan fingerprint density at radius 1 is 1.32 bits per heavy atom. The Morgan fingerprint density at radius 2 is 2.18 bits per heavy atom. The fourth-order valence-electron chi connectivity index (χ4n) is 4.18. The van der Waals surface area contributed by atoms with Gasteiger partial charge in [-0.05, 0) is 18.2 Å². The maximum absolute atomic E-state index is 14.4. The Morgan fingerprint density at radius 3 is 2.91 bits per heavy atom. The number of para-hydroxylation sites is 1. The van der Waals surface area contributed by atoms with Gasteiger partial charge in [0.15, 0.2) is 11.6 Å². The number of carbonyl (C=O) groups excluding carboxylic acids is 1. The lowest BCUT2D eigenvalue weighted by atomic mass is 9.97. The minimum atomic E-state index is -0.658. The van der Waals surface area contributed by atoms with Crippen LogP contribution in [0.5, 0.6) is 11.5 Å². The number of H-pyrrole nitrogens is 1. The summed E-state index contributed by atoms with van der Waals surface area (Å²) in [4.78, 5) is 20.3. The normalized spacial score (nSPS) is 19.1. The van der Waals surface area contributed by atoms with Crippen LogP contribution in [0, 0.1) is 5.82 Å². The standard InChI is InChI=1S/C24H24F2N4O4/c1-32-23-16(26)3-2-4-17(23)29-22-19-20(13(9-25)10-28-24(19)31)30-21(22)15-5-7-27-11-18(15)34-12-14-6-8-33-14/h2-5,7,11,13-14,29-30H,6,8-10,12H2,1H3,(H,28,31)/t13-,14-/m1/s1. The van der Waals surface area contributed by atoms with Gasteiger partial charge in [0.2, 0.25) is 0 Å². The zero-order valence-corrected chi connectivity index (χ0v) is 18.5.